The molecule has 7 heteroatoms. The van der Waals surface area contributed by atoms with Crippen LogP contribution in [0.4, 0.5) is 0 Å². The zero-order valence-corrected chi connectivity index (χ0v) is 12.1. The number of rotatable bonds is 9. The Bertz CT molecular complexity index is 541. The maximum atomic E-state index is 12.0. The molecule has 0 atom stereocenters. The molecule has 0 unspecified atom stereocenters. The molecule has 112 valence electrons. The average molecular weight is 301 g/mol. The molecule has 0 aliphatic rings. The van der Waals surface area contributed by atoms with Gasteiger partial charge in [-0.1, -0.05) is 19.1 Å². The third-order valence-electron chi connectivity index (χ3n) is 2.56. The fraction of sp³-hybridized carbons (Fsp3) is 0.462. The van der Waals surface area contributed by atoms with Crippen LogP contribution in [-0.2, 0) is 14.8 Å². The van der Waals surface area contributed by atoms with E-state index < -0.39 is 10.0 Å². The van der Waals surface area contributed by atoms with Gasteiger partial charge in [0.05, 0.1) is 24.7 Å². The van der Waals surface area contributed by atoms with Gasteiger partial charge in [-0.25, -0.2) is 13.1 Å². The molecular formula is C13H19NO5S. The summed E-state index contributed by atoms with van der Waals surface area (Å²) in [6, 6.07) is 5.93. The van der Waals surface area contributed by atoms with Gasteiger partial charge in [0, 0.05) is 18.5 Å². The first kappa shape index (κ1) is 16.8. The quantitative estimate of drug-likeness (QED) is 0.514. The Labute approximate surface area is 118 Å². The van der Waals surface area contributed by atoms with Crippen LogP contribution in [0.1, 0.15) is 23.7 Å². The van der Waals surface area contributed by atoms with Crippen molar-refractivity contribution in [2.45, 2.75) is 18.2 Å². The minimum atomic E-state index is -3.66. The van der Waals surface area contributed by atoms with E-state index in [1.165, 1.54) is 12.1 Å². The number of sulfonamides is 1. The molecule has 2 N–H and O–H groups in total. The van der Waals surface area contributed by atoms with Crippen molar-refractivity contribution in [3.8, 4) is 0 Å². The second kappa shape index (κ2) is 8.11. The molecule has 1 aromatic rings. The summed E-state index contributed by atoms with van der Waals surface area (Å²) in [5.41, 5.74) is 0.381. The number of Topliss-reactive ketones (excluding diaryl/α,β-unsaturated/α-hetero) is 1. The second-order valence-electron chi connectivity index (χ2n) is 4.04. The molecule has 0 fully saturated rings. The standard InChI is InChI=1S/C13H19NO5S/c1-2-13(16)11-4-3-5-12(10-11)20(17,18)14-6-8-19-9-7-15/h3-5,10,14-15H,2,6-9H2,1H3. The number of hydrogen-bond acceptors (Lipinski definition) is 5. The molecule has 0 saturated heterocycles. The lowest BCUT2D eigenvalue weighted by atomic mass is 10.1. The lowest BCUT2D eigenvalue weighted by Crippen LogP contribution is -2.28. The molecule has 6 nitrogen and oxygen atoms in total. The van der Waals surface area contributed by atoms with Crippen molar-refractivity contribution >= 4 is 15.8 Å². The van der Waals surface area contributed by atoms with Gasteiger partial charge in [0.1, 0.15) is 0 Å². The Morgan fingerprint density at radius 2 is 2.10 bits per heavy atom. The van der Waals surface area contributed by atoms with Crippen LogP contribution >= 0.6 is 0 Å². The maximum absolute atomic E-state index is 12.0. The largest absolute Gasteiger partial charge is 0.394 e. The van der Waals surface area contributed by atoms with Crippen molar-refractivity contribution in [3.63, 3.8) is 0 Å². The fourth-order valence-corrected chi connectivity index (χ4v) is 2.60. The summed E-state index contributed by atoms with van der Waals surface area (Å²) in [6.45, 7) is 2.07. The average Bonchev–Trinajstić information content (AvgIpc) is 2.46. The Kier molecular flexibility index (Phi) is 6.80. The number of carbonyl (C=O) groups excluding carboxylic acids is 1. The monoisotopic (exact) mass is 301 g/mol. The molecule has 0 aliphatic heterocycles. The third-order valence-corrected chi connectivity index (χ3v) is 4.02. The van der Waals surface area contributed by atoms with Gasteiger partial charge in [0.2, 0.25) is 10.0 Å². The number of hydrogen-bond donors (Lipinski definition) is 2. The highest BCUT2D eigenvalue weighted by Crippen LogP contribution is 2.12. The summed E-state index contributed by atoms with van der Waals surface area (Å²) in [5.74, 6) is -0.103. The Morgan fingerprint density at radius 1 is 1.35 bits per heavy atom. The van der Waals surface area contributed by atoms with E-state index in [1.54, 1.807) is 19.1 Å². The van der Waals surface area contributed by atoms with Gasteiger partial charge >= 0.3 is 0 Å². The lowest BCUT2D eigenvalue weighted by molar-refractivity contribution is 0.0961. The Hall–Kier alpha value is -1.28. The van der Waals surface area contributed by atoms with Crippen molar-refractivity contribution in [1.29, 1.82) is 0 Å². The number of carbonyl (C=O) groups is 1. The first-order valence-corrected chi connectivity index (χ1v) is 7.81. The van der Waals surface area contributed by atoms with Crippen LogP contribution in [0.2, 0.25) is 0 Å². The van der Waals surface area contributed by atoms with Gasteiger partial charge < -0.3 is 9.84 Å². The van der Waals surface area contributed by atoms with Crippen LogP contribution in [0.15, 0.2) is 29.2 Å². The number of aliphatic hydroxyl groups is 1. The van der Waals surface area contributed by atoms with Gasteiger partial charge in [-0.2, -0.15) is 0 Å². The van der Waals surface area contributed by atoms with Crippen LogP contribution in [0.5, 0.6) is 0 Å². The minimum Gasteiger partial charge on any atom is -0.394 e. The van der Waals surface area contributed by atoms with E-state index in [-0.39, 0.29) is 37.0 Å². The van der Waals surface area contributed by atoms with E-state index in [2.05, 4.69) is 4.72 Å². The summed E-state index contributed by atoms with van der Waals surface area (Å²) >= 11 is 0. The third kappa shape index (κ3) is 5.01. The van der Waals surface area contributed by atoms with Gasteiger partial charge in [-0.15, -0.1) is 0 Å². The van der Waals surface area contributed by atoms with Gasteiger partial charge in [0.25, 0.3) is 0 Å². The van der Waals surface area contributed by atoms with Crippen LogP contribution in [0, 0.1) is 0 Å². The fourth-order valence-electron chi connectivity index (χ4n) is 1.54. The summed E-state index contributed by atoms with van der Waals surface area (Å²) in [6.07, 6.45) is 0.325. The molecule has 0 aliphatic carbocycles. The molecule has 0 radical (unpaired) electrons. The Balaban J connectivity index is 2.70. The molecule has 0 amide bonds. The van der Waals surface area contributed by atoms with E-state index in [0.717, 1.165) is 0 Å². The SMILES string of the molecule is CCC(=O)c1cccc(S(=O)(=O)NCCOCCO)c1. The predicted molar refractivity (Wildman–Crippen MR) is 74.2 cm³/mol. The molecule has 0 saturated carbocycles. The van der Waals surface area contributed by atoms with Crippen molar-refractivity contribution in [3.05, 3.63) is 29.8 Å². The highest BCUT2D eigenvalue weighted by Gasteiger charge is 2.15. The molecular weight excluding hydrogens is 282 g/mol. The molecule has 0 spiro atoms. The molecule has 1 aromatic carbocycles. The van der Waals surface area contributed by atoms with E-state index >= 15 is 0 Å². The van der Waals surface area contributed by atoms with Crippen LogP contribution in [-0.4, -0.2) is 45.7 Å². The van der Waals surface area contributed by atoms with Crippen LogP contribution in [0.3, 0.4) is 0 Å². The highest BCUT2D eigenvalue weighted by atomic mass is 32.2. The minimum absolute atomic E-state index is 0.0546. The van der Waals surface area contributed by atoms with Gasteiger partial charge in [-0.3, -0.25) is 4.79 Å². The summed E-state index contributed by atoms with van der Waals surface area (Å²) < 4.78 is 31.3. The van der Waals surface area contributed by atoms with Crippen molar-refractivity contribution in [2.75, 3.05) is 26.4 Å². The number of ether oxygens (including phenoxy) is 1. The number of ketones is 1. The zero-order chi connectivity index (χ0) is 15.0. The van der Waals surface area contributed by atoms with Gasteiger partial charge in [0.15, 0.2) is 5.78 Å². The first-order valence-electron chi connectivity index (χ1n) is 6.32. The zero-order valence-electron chi connectivity index (χ0n) is 11.3. The molecule has 0 heterocycles. The van der Waals surface area contributed by atoms with Crippen molar-refractivity contribution in [2.24, 2.45) is 0 Å². The van der Waals surface area contributed by atoms with Crippen molar-refractivity contribution < 1.29 is 23.1 Å². The van der Waals surface area contributed by atoms with Gasteiger partial charge in [-0.05, 0) is 12.1 Å². The van der Waals surface area contributed by atoms with E-state index in [4.69, 9.17) is 9.84 Å². The number of aliphatic hydroxyl groups excluding tert-OH is 1. The van der Waals surface area contributed by atoms with E-state index in [1.807, 2.05) is 0 Å². The van der Waals surface area contributed by atoms with Crippen LogP contribution in [0.25, 0.3) is 0 Å². The Morgan fingerprint density at radius 3 is 2.75 bits per heavy atom. The molecule has 20 heavy (non-hydrogen) atoms. The maximum Gasteiger partial charge on any atom is 0.240 e. The van der Waals surface area contributed by atoms with E-state index in [9.17, 15) is 13.2 Å². The molecule has 0 aromatic heterocycles. The smallest absolute Gasteiger partial charge is 0.240 e. The topological polar surface area (TPSA) is 92.7 Å². The van der Waals surface area contributed by atoms with Crippen LogP contribution < -0.4 is 4.72 Å². The lowest BCUT2D eigenvalue weighted by Gasteiger charge is -2.08. The summed E-state index contributed by atoms with van der Waals surface area (Å²) in [5, 5.41) is 8.51. The predicted octanol–water partition coefficient (Wildman–Crippen LogP) is 0.567. The van der Waals surface area contributed by atoms with E-state index in [0.29, 0.717) is 12.0 Å². The molecule has 0 bridgehead atoms. The number of nitrogens with one attached hydrogen (secondary N) is 1. The second-order valence-corrected chi connectivity index (χ2v) is 5.81. The normalized spacial score (nSPS) is 11.5. The molecule has 1 rings (SSSR count). The summed E-state index contributed by atoms with van der Waals surface area (Å²) in [4.78, 5) is 11.6. The number of benzene rings is 1. The van der Waals surface area contributed by atoms with Crippen molar-refractivity contribution in [1.82, 2.24) is 4.72 Å². The highest BCUT2D eigenvalue weighted by molar-refractivity contribution is 7.89. The first-order chi connectivity index (χ1) is 9.51. The summed E-state index contributed by atoms with van der Waals surface area (Å²) in [7, 11) is -3.66.